The molecule has 2 aromatic rings. The molecule has 3 N–H and O–H groups in total. The van der Waals surface area contributed by atoms with Gasteiger partial charge in [-0.25, -0.2) is 8.42 Å². The van der Waals surface area contributed by atoms with Gasteiger partial charge in [0.05, 0.1) is 16.3 Å². The third-order valence-corrected chi connectivity index (χ3v) is 6.21. The van der Waals surface area contributed by atoms with Crippen molar-refractivity contribution in [3.63, 3.8) is 0 Å². The van der Waals surface area contributed by atoms with E-state index in [4.69, 9.17) is 5.73 Å². The van der Waals surface area contributed by atoms with Gasteiger partial charge >= 0.3 is 0 Å². The lowest BCUT2D eigenvalue weighted by Crippen LogP contribution is -2.22. The van der Waals surface area contributed by atoms with Gasteiger partial charge in [-0.3, -0.25) is 9.52 Å². The first-order chi connectivity index (χ1) is 12.8. The number of primary amides is 1. The van der Waals surface area contributed by atoms with Crippen LogP contribution in [0.15, 0.2) is 47.4 Å². The van der Waals surface area contributed by atoms with Crippen LogP contribution >= 0.6 is 0 Å². The lowest BCUT2D eigenvalue weighted by molar-refractivity contribution is 0.100. The molecule has 1 aliphatic rings. The van der Waals surface area contributed by atoms with Crippen molar-refractivity contribution in [1.82, 2.24) is 0 Å². The maximum atomic E-state index is 12.9. The number of nitrogens with zero attached hydrogens (tertiary/aromatic N) is 1. The van der Waals surface area contributed by atoms with Gasteiger partial charge in [-0.1, -0.05) is 26.0 Å². The summed E-state index contributed by atoms with van der Waals surface area (Å²) in [4.78, 5) is 13.9. The van der Waals surface area contributed by atoms with Crippen molar-refractivity contribution < 1.29 is 13.2 Å². The number of sulfonamides is 1. The van der Waals surface area contributed by atoms with Gasteiger partial charge < -0.3 is 10.6 Å². The zero-order valence-corrected chi connectivity index (χ0v) is 16.4. The highest BCUT2D eigenvalue weighted by atomic mass is 32.2. The number of rotatable bonds is 6. The number of carbonyl (C=O) groups is 1. The van der Waals surface area contributed by atoms with Crippen LogP contribution in [-0.2, 0) is 10.0 Å². The first-order valence-corrected chi connectivity index (χ1v) is 10.6. The van der Waals surface area contributed by atoms with E-state index in [1.54, 1.807) is 24.3 Å². The summed E-state index contributed by atoms with van der Waals surface area (Å²) in [5.74, 6) is -0.270. The van der Waals surface area contributed by atoms with Crippen molar-refractivity contribution >= 4 is 27.3 Å². The van der Waals surface area contributed by atoms with Crippen LogP contribution in [0.1, 0.15) is 48.5 Å². The number of benzene rings is 2. The van der Waals surface area contributed by atoms with Crippen LogP contribution in [-0.4, -0.2) is 27.4 Å². The average Bonchev–Trinajstić information content (AvgIpc) is 3.15. The van der Waals surface area contributed by atoms with Crippen LogP contribution in [0.25, 0.3) is 0 Å². The Morgan fingerprint density at radius 3 is 2.26 bits per heavy atom. The van der Waals surface area contributed by atoms with Crippen molar-refractivity contribution in [2.24, 2.45) is 5.73 Å². The summed E-state index contributed by atoms with van der Waals surface area (Å²) >= 11 is 0. The van der Waals surface area contributed by atoms with Crippen LogP contribution in [0.4, 0.5) is 11.4 Å². The predicted molar refractivity (Wildman–Crippen MR) is 108 cm³/mol. The molecule has 0 radical (unpaired) electrons. The third-order valence-electron chi connectivity index (χ3n) is 4.83. The average molecular weight is 388 g/mol. The summed E-state index contributed by atoms with van der Waals surface area (Å²) < 4.78 is 28.4. The molecule has 2 aromatic carbocycles. The standard InChI is InChI=1S/C20H25N3O3S/c1-14(2)15-5-8-17(9-6-15)27(25,26)22-18-13-16(20(21)24)7-10-19(18)23-11-3-4-12-23/h5-10,13-14,22H,3-4,11-12H2,1-2H3,(H2,21,24). The molecule has 1 heterocycles. The van der Waals surface area contributed by atoms with Crippen LogP contribution < -0.4 is 15.4 Å². The Kier molecular flexibility index (Phi) is 5.41. The minimum Gasteiger partial charge on any atom is -0.370 e. The first kappa shape index (κ1) is 19.2. The fraction of sp³-hybridized carbons (Fsp3) is 0.350. The molecule has 0 aliphatic carbocycles. The Bertz CT molecular complexity index is 931. The molecule has 0 saturated carbocycles. The van der Waals surface area contributed by atoms with Crippen molar-refractivity contribution in [2.75, 3.05) is 22.7 Å². The Hall–Kier alpha value is -2.54. The van der Waals surface area contributed by atoms with Gasteiger partial charge in [0.25, 0.3) is 10.0 Å². The Balaban J connectivity index is 1.96. The number of anilines is 2. The van der Waals surface area contributed by atoms with Gasteiger partial charge in [0.2, 0.25) is 5.91 Å². The van der Waals surface area contributed by atoms with Gasteiger partial charge in [-0.2, -0.15) is 0 Å². The molecule has 144 valence electrons. The largest absolute Gasteiger partial charge is 0.370 e. The summed E-state index contributed by atoms with van der Waals surface area (Å²) in [6.07, 6.45) is 2.11. The first-order valence-electron chi connectivity index (χ1n) is 9.09. The molecule has 0 spiro atoms. The van der Waals surface area contributed by atoms with Gasteiger partial charge in [0.15, 0.2) is 0 Å². The molecule has 0 unspecified atom stereocenters. The van der Waals surface area contributed by atoms with E-state index in [0.29, 0.717) is 11.6 Å². The maximum absolute atomic E-state index is 12.9. The number of nitrogens with two attached hydrogens (primary N) is 1. The van der Waals surface area contributed by atoms with Gasteiger partial charge in [-0.05, 0) is 54.7 Å². The molecule has 1 saturated heterocycles. The van der Waals surface area contributed by atoms with Crippen molar-refractivity contribution in [3.8, 4) is 0 Å². The van der Waals surface area contributed by atoms with E-state index in [1.165, 1.54) is 6.07 Å². The Morgan fingerprint density at radius 2 is 1.70 bits per heavy atom. The molecule has 0 aromatic heterocycles. The molecular formula is C20H25N3O3S. The summed E-state index contributed by atoms with van der Waals surface area (Å²) in [6.45, 7) is 5.82. The predicted octanol–water partition coefficient (Wildman–Crippen LogP) is 3.31. The van der Waals surface area contributed by atoms with Crippen LogP contribution in [0.2, 0.25) is 0 Å². The van der Waals surface area contributed by atoms with Crippen LogP contribution in [0, 0.1) is 0 Å². The topological polar surface area (TPSA) is 92.5 Å². The fourth-order valence-corrected chi connectivity index (χ4v) is 4.31. The van der Waals surface area contributed by atoms with Gasteiger partial charge in [0, 0.05) is 18.7 Å². The second kappa shape index (κ2) is 7.60. The molecular weight excluding hydrogens is 362 g/mol. The summed E-state index contributed by atoms with van der Waals surface area (Å²) in [6, 6.07) is 11.7. The molecule has 1 fully saturated rings. The van der Waals surface area contributed by atoms with Crippen LogP contribution in [0.3, 0.4) is 0 Å². The van der Waals surface area contributed by atoms with E-state index in [1.807, 2.05) is 12.1 Å². The summed E-state index contributed by atoms with van der Waals surface area (Å²) in [5, 5.41) is 0. The lowest BCUT2D eigenvalue weighted by Gasteiger charge is -2.22. The Morgan fingerprint density at radius 1 is 1.07 bits per heavy atom. The second-order valence-corrected chi connectivity index (χ2v) is 8.80. The Labute approximate surface area is 160 Å². The smallest absolute Gasteiger partial charge is 0.261 e. The second-order valence-electron chi connectivity index (χ2n) is 7.12. The molecule has 0 atom stereocenters. The molecule has 3 rings (SSSR count). The number of carbonyl (C=O) groups excluding carboxylic acids is 1. The van der Waals surface area contributed by atoms with Crippen LogP contribution in [0.5, 0.6) is 0 Å². The molecule has 1 amide bonds. The fourth-order valence-electron chi connectivity index (χ4n) is 3.24. The molecule has 0 bridgehead atoms. The minimum atomic E-state index is -3.78. The number of amides is 1. The molecule has 7 heteroatoms. The van der Waals surface area contributed by atoms with E-state index in [9.17, 15) is 13.2 Å². The van der Waals surface area contributed by atoms with E-state index < -0.39 is 15.9 Å². The maximum Gasteiger partial charge on any atom is 0.261 e. The van der Waals surface area contributed by atoms with Gasteiger partial charge in [-0.15, -0.1) is 0 Å². The lowest BCUT2D eigenvalue weighted by atomic mass is 10.0. The van der Waals surface area contributed by atoms with E-state index in [0.717, 1.165) is 37.2 Å². The quantitative estimate of drug-likeness (QED) is 0.795. The van der Waals surface area contributed by atoms with E-state index in [2.05, 4.69) is 23.5 Å². The monoisotopic (exact) mass is 387 g/mol. The van der Waals surface area contributed by atoms with Gasteiger partial charge in [0.1, 0.15) is 0 Å². The molecule has 1 aliphatic heterocycles. The number of hydrogen-bond acceptors (Lipinski definition) is 4. The zero-order valence-electron chi connectivity index (χ0n) is 15.6. The normalized spacial score (nSPS) is 14.6. The number of hydrogen-bond donors (Lipinski definition) is 2. The number of nitrogens with one attached hydrogen (secondary N) is 1. The minimum absolute atomic E-state index is 0.184. The highest BCUT2D eigenvalue weighted by molar-refractivity contribution is 7.92. The highest BCUT2D eigenvalue weighted by Gasteiger charge is 2.21. The van der Waals surface area contributed by atoms with Crippen molar-refractivity contribution in [1.29, 1.82) is 0 Å². The molecule has 27 heavy (non-hydrogen) atoms. The SMILES string of the molecule is CC(C)c1ccc(S(=O)(=O)Nc2cc(C(N)=O)ccc2N2CCCC2)cc1. The van der Waals surface area contributed by atoms with E-state index in [-0.39, 0.29) is 10.5 Å². The van der Waals surface area contributed by atoms with Crippen molar-refractivity contribution in [2.45, 2.75) is 37.5 Å². The van der Waals surface area contributed by atoms with E-state index >= 15 is 0 Å². The highest BCUT2D eigenvalue weighted by Crippen LogP contribution is 2.32. The molecule has 6 nitrogen and oxygen atoms in total. The van der Waals surface area contributed by atoms with Crippen molar-refractivity contribution in [3.05, 3.63) is 53.6 Å². The zero-order chi connectivity index (χ0) is 19.6. The summed E-state index contributed by atoms with van der Waals surface area (Å²) in [5.41, 5.74) is 7.86. The summed E-state index contributed by atoms with van der Waals surface area (Å²) in [7, 11) is -3.78. The third kappa shape index (κ3) is 4.24.